The van der Waals surface area contributed by atoms with Crippen molar-refractivity contribution in [2.24, 2.45) is 0 Å². The van der Waals surface area contributed by atoms with Gasteiger partial charge in [0.15, 0.2) is 5.82 Å². The van der Waals surface area contributed by atoms with Crippen LogP contribution in [0.2, 0.25) is 5.02 Å². The van der Waals surface area contributed by atoms with E-state index in [0.717, 1.165) is 38.1 Å². The fourth-order valence-electron chi connectivity index (χ4n) is 2.73. The van der Waals surface area contributed by atoms with Crippen LogP contribution in [-0.2, 0) is 17.7 Å². The van der Waals surface area contributed by atoms with Crippen LogP contribution in [0.25, 0.3) is 5.82 Å². The van der Waals surface area contributed by atoms with E-state index < -0.39 is 0 Å². The number of aromatic nitrogens is 4. The smallest absolute Gasteiger partial charge is 0.196 e. The van der Waals surface area contributed by atoms with Gasteiger partial charge in [-0.25, -0.2) is 0 Å². The zero-order valence-corrected chi connectivity index (χ0v) is 12.7. The van der Waals surface area contributed by atoms with Gasteiger partial charge < -0.3 is 10.1 Å². The van der Waals surface area contributed by atoms with E-state index in [4.69, 9.17) is 16.3 Å². The molecule has 0 aromatic carbocycles. The maximum absolute atomic E-state index is 9.26. The molecule has 1 unspecified atom stereocenters. The molecular formula is C14H15ClN6O. The van der Waals surface area contributed by atoms with E-state index in [-0.39, 0.29) is 6.10 Å². The van der Waals surface area contributed by atoms with E-state index in [1.807, 2.05) is 4.68 Å². The number of nitriles is 1. The van der Waals surface area contributed by atoms with Crippen LogP contribution in [-0.4, -0.2) is 38.8 Å². The lowest BCUT2D eigenvalue weighted by Crippen LogP contribution is -2.13. The summed E-state index contributed by atoms with van der Waals surface area (Å²) in [6.45, 7) is 2.27. The van der Waals surface area contributed by atoms with Gasteiger partial charge in [0.1, 0.15) is 22.5 Å². The lowest BCUT2D eigenvalue weighted by atomic mass is 10.1. The SMILES string of the molecule is N#Cc1cnn(-c2nn3c(c2Cl)CCCC3)c1NCC1CO1. The highest BCUT2D eigenvalue weighted by molar-refractivity contribution is 6.32. The molecule has 0 amide bonds. The number of nitrogens with one attached hydrogen (secondary N) is 1. The first-order valence-corrected chi connectivity index (χ1v) is 7.75. The molecule has 8 heteroatoms. The maximum atomic E-state index is 9.26. The number of hydrogen-bond acceptors (Lipinski definition) is 5. The first-order valence-electron chi connectivity index (χ1n) is 7.37. The van der Waals surface area contributed by atoms with Crippen molar-refractivity contribution in [1.82, 2.24) is 19.6 Å². The van der Waals surface area contributed by atoms with Crippen molar-refractivity contribution in [3.05, 3.63) is 22.5 Å². The molecule has 0 aliphatic carbocycles. The molecule has 0 spiro atoms. The molecule has 0 radical (unpaired) electrons. The van der Waals surface area contributed by atoms with Crippen LogP contribution < -0.4 is 5.32 Å². The Kier molecular flexibility index (Phi) is 3.28. The van der Waals surface area contributed by atoms with E-state index >= 15 is 0 Å². The predicted molar refractivity (Wildman–Crippen MR) is 80.2 cm³/mol. The minimum atomic E-state index is 0.209. The zero-order valence-electron chi connectivity index (χ0n) is 11.9. The molecule has 2 aliphatic heterocycles. The standard InChI is InChI=1S/C14H15ClN6O/c15-12-11-3-1-2-4-20(11)19-14(12)21-13(9(5-16)6-18-21)17-7-10-8-22-10/h6,10,17H,1-4,7-8H2. The summed E-state index contributed by atoms with van der Waals surface area (Å²) in [6.07, 6.45) is 4.90. The van der Waals surface area contributed by atoms with Crippen LogP contribution in [0.1, 0.15) is 24.1 Å². The summed E-state index contributed by atoms with van der Waals surface area (Å²) in [7, 11) is 0. The van der Waals surface area contributed by atoms with Crippen molar-refractivity contribution in [3.8, 4) is 11.9 Å². The number of aryl methyl sites for hydroxylation is 1. The molecular weight excluding hydrogens is 304 g/mol. The first-order chi connectivity index (χ1) is 10.8. The van der Waals surface area contributed by atoms with Gasteiger partial charge in [-0.05, 0) is 19.3 Å². The number of hydrogen-bond donors (Lipinski definition) is 1. The zero-order chi connectivity index (χ0) is 15.1. The Bertz CT molecular complexity index is 754. The maximum Gasteiger partial charge on any atom is 0.196 e. The number of fused-ring (bicyclic) bond motifs is 1. The molecule has 1 saturated heterocycles. The van der Waals surface area contributed by atoms with Crippen molar-refractivity contribution in [3.63, 3.8) is 0 Å². The quantitative estimate of drug-likeness (QED) is 0.868. The second kappa shape index (κ2) is 5.30. The average molecular weight is 319 g/mol. The molecule has 22 heavy (non-hydrogen) atoms. The van der Waals surface area contributed by atoms with Crippen LogP contribution in [0.15, 0.2) is 6.20 Å². The molecule has 2 aliphatic rings. The molecule has 0 saturated carbocycles. The molecule has 1 N–H and O–H groups in total. The number of nitrogens with zero attached hydrogens (tertiary/aromatic N) is 5. The van der Waals surface area contributed by atoms with Gasteiger partial charge >= 0.3 is 0 Å². The first kappa shape index (κ1) is 13.6. The Morgan fingerprint density at radius 2 is 2.36 bits per heavy atom. The van der Waals surface area contributed by atoms with Crippen molar-refractivity contribution in [2.75, 3.05) is 18.5 Å². The number of rotatable bonds is 4. The molecule has 4 rings (SSSR count). The van der Waals surface area contributed by atoms with Crippen molar-refractivity contribution >= 4 is 17.4 Å². The third-order valence-corrected chi connectivity index (χ3v) is 4.39. The summed E-state index contributed by atoms with van der Waals surface area (Å²) in [5.41, 5.74) is 1.52. The van der Waals surface area contributed by atoms with E-state index in [1.54, 1.807) is 4.68 Å². The fraction of sp³-hybridized carbons (Fsp3) is 0.500. The van der Waals surface area contributed by atoms with Gasteiger partial charge in [0.05, 0.1) is 24.6 Å². The summed E-state index contributed by atoms with van der Waals surface area (Å²) in [4.78, 5) is 0. The largest absolute Gasteiger partial charge is 0.371 e. The second-order valence-electron chi connectivity index (χ2n) is 5.53. The van der Waals surface area contributed by atoms with Crippen LogP contribution in [0.3, 0.4) is 0 Å². The van der Waals surface area contributed by atoms with Gasteiger partial charge in [-0.2, -0.15) is 20.1 Å². The minimum Gasteiger partial charge on any atom is -0.371 e. The van der Waals surface area contributed by atoms with Gasteiger partial charge in [0.25, 0.3) is 0 Å². The third-order valence-electron chi connectivity index (χ3n) is 4.00. The van der Waals surface area contributed by atoms with Crippen LogP contribution in [0, 0.1) is 11.3 Å². The molecule has 2 aromatic rings. The average Bonchev–Trinajstić information content (AvgIpc) is 3.20. The fourth-order valence-corrected chi connectivity index (χ4v) is 3.04. The molecule has 1 atom stereocenters. The van der Waals surface area contributed by atoms with E-state index in [2.05, 4.69) is 21.6 Å². The number of anilines is 1. The van der Waals surface area contributed by atoms with Crippen LogP contribution >= 0.6 is 11.6 Å². The Hall–Kier alpha value is -2.04. The van der Waals surface area contributed by atoms with Crippen molar-refractivity contribution < 1.29 is 4.74 Å². The summed E-state index contributed by atoms with van der Waals surface area (Å²) in [6, 6.07) is 2.15. The summed E-state index contributed by atoms with van der Waals surface area (Å²) in [5.74, 6) is 1.20. The summed E-state index contributed by atoms with van der Waals surface area (Å²) >= 11 is 6.50. The van der Waals surface area contributed by atoms with Crippen LogP contribution in [0.5, 0.6) is 0 Å². The molecule has 1 fully saturated rings. The molecule has 2 aromatic heterocycles. The Balaban J connectivity index is 1.74. The number of ether oxygens (including phenoxy) is 1. The molecule has 0 bridgehead atoms. The lowest BCUT2D eigenvalue weighted by Gasteiger charge is -2.12. The van der Waals surface area contributed by atoms with E-state index in [1.165, 1.54) is 6.20 Å². The van der Waals surface area contributed by atoms with E-state index in [9.17, 15) is 5.26 Å². The van der Waals surface area contributed by atoms with Gasteiger partial charge in [-0.3, -0.25) is 4.68 Å². The van der Waals surface area contributed by atoms with Gasteiger partial charge in [-0.1, -0.05) is 11.6 Å². The molecule has 7 nitrogen and oxygen atoms in total. The minimum absolute atomic E-state index is 0.209. The number of epoxide rings is 1. The van der Waals surface area contributed by atoms with Gasteiger partial charge in [-0.15, -0.1) is 0 Å². The Morgan fingerprint density at radius 3 is 3.09 bits per heavy atom. The van der Waals surface area contributed by atoms with Crippen molar-refractivity contribution in [1.29, 1.82) is 5.26 Å². The Labute approximate surface area is 132 Å². The van der Waals surface area contributed by atoms with Crippen molar-refractivity contribution in [2.45, 2.75) is 31.9 Å². The highest BCUT2D eigenvalue weighted by atomic mass is 35.5. The lowest BCUT2D eigenvalue weighted by molar-refractivity contribution is 0.416. The van der Waals surface area contributed by atoms with Gasteiger partial charge in [0.2, 0.25) is 0 Å². The highest BCUT2D eigenvalue weighted by Crippen LogP contribution is 2.31. The highest BCUT2D eigenvalue weighted by Gasteiger charge is 2.26. The topological polar surface area (TPSA) is 84.0 Å². The van der Waals surface area contributed by atoms with E-state index in [0.29, 0.717) is 28.8 Å². The normalized spacial score (nSPS) is 19.5. The molecule has 114 valence electrons. The summed E-state index contributed by atoms with van der Waals surface area (Å²) in [5, 5.41) is 22.0. The molecule has 4 heterocycles. The predicted octanol–water partition coefficient (Wildman–Crippen LogP) is 1.74. The monoisotopic (exact) mass is 318 g/mol. The number of halogens is 1. The summed E-state index contributed by atoms with van der Waals surface area (Å²) < 4.78 is 8.76. The van der Waals surface area contributed by atoms with Gasteiger partial charge in [0, 0.05) is 13.1 Å². The van der Waals surface area contributed by atoms with Crippen LogP contribution in [0.4, 0.5) is 5.82 Å². The Morgan fingerprint density at radius 1 is 1.50 bits per heavy atom. The second-order valence-corrected chi connectivity index (χ2v) is 5.91. The third kappa shape index (κ3) is 2.25.